The molecule has 1 aliphatic rings. The van der Waals surface area contributed by atoms with Crippen LogP contribution >= 0.6 is 0 Å². The molecular formula is C16H23NO2. The summed E-state index contributed by atoms with van der Waals surface area (Å²) in [6, 6.07) is 8.12. The average Bonchev–Trinajstić information content (AvgIpc) is 2.46. The Morgan fingerprint density at radius 1 is 1.47 bits per heavy atom. The van der Waals surface area contributed by atoms with Crippen LogP contribution in [0.5, 0.6) is 5.75 Å². The van der Waals surface area contributed by atoms with Crippen LogP contribution < -0.4 is 10.1 Å². The summed E-state index contributed by atoms with van der Waals surface area (Å²) in [5, 5.41) is 3.41. The summed E-state index contributed by atoms with van der Waals surface area (Å²) in [7, 11) is 0. The zero-order valence-corrected chi connectivity index (χ0v) is 11.8. The maximum absolute atomic E-state index is 5.81. The molecular weight excluding hydrogens is 238 g/mol. The number of hydrogen-bond acceptors (Lipinski definition) is 3. The Hall–Kier alpha value is -1.64. The van der Waals surface area contributed by atoms with E-state index in [1.54, 1.807) is 6.26 Å². The Labute approximate surface area is 115 Å². The summed E-state index contributed by atoms with van der Waals surface area (Å²) < 4.78 is 11.4. The molecule has 0 bridgehead atoms. The zero-order chi connectivity index (χ0) is 13.5. The zero-order valence-electron chi connectivity index (χ0n) is 11.8. The fourth-order valence-electron chi connectivity index (χ4n) is 1.96. The van der Waals surface area contributed by atoms with E-state index < -0.39 is 0 Å². The molecule has 104 valence electrons. The van der Waals surface area contributed by atoms with E-state index in [-0.39, 0.29) is 12.2 Å². The first-order valence-electron chi connectivity index (χ1n) is 7.09. The van der Waals surface area contributed by atoms with Crippen molar-refractivity contribution in [3.8, 4) is 5.75 Å². The van der Waals surface area contributed by atoms with Gasteiger partial charge in [0, 0.05) is 11.8 Å². The lowest BCUT2D eigenvalue weighted by atomic mass is 10.1. The van der Waals surface area contributed by atoms with Crippen molar-refractivity contribution in [1.29, 1.82) is 0 Å². The van der Waals surface area contributed by atoms with Gasteiger partial charge < -0.3 is 14.8 Å². The molecule has 0 aliphatic carbocycles. The highest BCUT2D eigenvalue weighted by Gasteiger charge is 2.10. The summed E-state index contributed by atoms with van der Waals surface area (Å²) >= 11 is 0. The van der Waals surface area contributed by atoms with E-state index in [1.807, 2.05) is 18.2 Å². The highest BCUT2D eigenvalue weighted by molar-refractivity contribution is 5.48. The molecule has 1 aromatic rings. The van der Waals surface area contributed by atoms with Crippen molar-refractivity contribution in [2.45, 2.75) is 45.3 Å². The third-order valence-corrected chi connectivity index (χ3v) is 3.30. The standard InChI is InChI=1S/C16H23NO2/c1-3-13(2)19-15-9-6-7-14(11-15)17-12-16-8-4-5-10-18-16/h5-7,9-11,13,16-17H,3-4,8,12H2,1-2H3. The molecule has 0 radical (unpaired) electrons. The first-order valence-corrected chi connectivity index (χ1v) is 7.09. The van der Waals surface area contributed by atoms with E-state index in [2.05, 4.69) is 31.3 Å². The van der Waals surface area contributed by atoms with E-state index in [4.69, 9.17) is 9.47 Å². The predicted molar refractivity (Wildman–Crippen MR) is 78.6 cm³/mol. The fourth-order valence-corrected chi connectivity index (χ4v) is 1.96. The highest BCUT2D eigenvalue weighted by Crippen LogP contribution is 2.20. The Morgan fingerprint density at radius 3 is 3.11 bits per heavy atom. The molecule has 0 fully saturated rings. The first-order chi connectivity index (χ1) is 9.28. The molecule has 0 aromatic heterocycles. The van der Waals surface area contributed by atoms with Gasteiger partial charge in [0.15, 0.2) is 0 Å². The Balaban J connectivity index is 1.86. The largest absolute Gasteiger partial charge is 0.497 e. The lowest BCUT2D eigenvalue weighted by molar-refractivity contribution is 0.135. The first kappa shape index (κ1) is 13.8. The Kier molecular flexibility index (Phi) is 5.13. The normalized spacial score (nSPS) is 19.6. The summed E-state index contributed by atoms with van der Waals surface area (Å²) in [4.78, 5) is 0. The molecule has 1 N–H and O–H groups in total. The van der Waals surface area contributed by atoms with E-state index in [0.29, 0.717) is 0 Å². The maximum atomic E-state index is 5.81. The number of benzene rings is 1. The molecule has 1 aliphatic heterocycles. The predicted octanol–water partition coefficient (Wildman–Crippen LogP) is 3.97. The lowest BCUT2D eigenvalue weighted by Crippen LogP contribution is -2.23. The molecule has 2 rings (SSSR count). The van der Waals surface area contributed by atoms with Gasteiger partial charge in [-0.05, 0) is 44.4 Å². The molecule has 0 saturated carbocycles. The minimum absolute atomic E-state index is 0.252. The van der Waals surface area contributed by atoms with Crippen LogP contribution in [-0.2, 0) is 4.74 Å². The minimum Gasteiger partial charge on any atom is -0.497 e. The van der Waals surface area contributed by atoms with Crippen molar-refractivity contribution in [3.63, 3.8) is 0 Å². The number of hydrogen-bond donors (Lipinski definition) is 1. The van der Waals surface area contributed by atoms with Gasteiger partial charge in [-0.3, -0.25) is 0 Å². The second-order valence-electron chi connectivity index (χ2n) is 4.95. The molecule has 3 nitrogen and oxygen atoms in total. The second-order valence-corrected chi connectivity index (χ2v) is 4.95. The summed E-state index contributed by atoms with van der Waals surface area (Å²) in [6.07, 6.45) is 7.58. The van der Waals surface area contributed by atoms with Crippen LogP contribution in [0.3, 0.4) is 0 Å². The number of ether oxygens (including phenoxy) is 2. The lowest BCUT2D eigenvalue weighted by Gasteiger charge is -2.20. The SMILES string of the molecule is CCC(C)Oc1cccc(NCC2CCC=CO2)c1. The van der Waals surface area contributed by atoms with Gasteiger partial charge in [0.2, 0.25) is 0 Å². The third-order valence-electron chi connectivity index (χ3n) is 3.30. The van der Waals surface area contributed by atoms with E-state index in [1.165, 1.54) is 0 Å². The number of anilines is 1. The van der Waals surface area contributed by atoms with E-state index in [9.17, 15) is 0 Å². The fraction of sp³-hybridized carbons (Fsp3) is 0.500. The van der Waals surface area contributed by atoms with Crippen molar-refractivity contribution in [2.24, 2.45) is 0 Å². The summed E-state index contributed by atoms with van der Waals surface area (Å²) in [5.74, 6) is 0.920. The van der Waals surface area contributed by atoms with Crippen LogP contribution in [0.15, 0.2) is 36.6 Å². The molecule has 0 spiro atoms. The number of allylic oxidation sites excluding steroid dienone is 1. The van der Waals surface area contributed by atoms with Crippen molar-refractivity contribution >= 4 is 5.69 Å². The van der Waals surface area contributed by atoms with Crippen LogP contribution in [0.25, 0.3) is 0 Å². The van der Waals surface area contributed by atoms with Gasteiger partial charge in [-0.25, -0.2) is 0 Å². The monoisotopic (exact) mass is 261 g/mol. The quantitative estimate of drug-likeness (QED) is 0.840. The van der Waals surface area contributed by atoms with Crippen molar-refractivity contribution in [3.05, 3.63) is 36.6 Å². The number of rotatable bonds is 6. The maximum Gasteiger partial charge on any atom is 0.121 e. The summed E-state index contributed by atoms with van der Waals surface area (Å²) in [5.41, 5.74) is 1.08. The minimum atomic E-state index is 0.252. The van der Waals surface area contributed by atoms with Gasteiger partial charge >= 0.3 is 0 Å². The van der Waals surface area contributed by atoms with E-state index >= 15 is 0 Å². The topological polar surface area (TPSA) is 30.5 Å². The van der Waals surface area contributed by atoms with Crippen LogP contribution in [0, 0.1) is 0 Å². The molecule has 0 amide bonds. The van der Waals surface area contributed by atoms with Crippen LogP contribution in [0.4, 0.5) is 5.69 Å². The number of nitrogens with one attached hydrogen (secondary N) is 1. The van der Waals surface area contributed by atoms with Crippen LogP contribution in [0.2, 0.25) is 0 Å². The van der Waals surface area contributed by atoms with Gasteiger partial charge in [0.25, 0.3) is 0 Å². The van der Waals surface area contributed by atoms with Crippen molar-refractivity contribution < 1.29 is 9.47 Å². The molecule has 1 heterocycles. The highest BCUT2D eigenvalue weighted by atomic mass is 16.5. The summed E-state index contributed by atoms with van der Waals surface area (Å²) in [6.45, 7) is 5.04. The Bertz CT molecular complexity index is 417. The molecule has 3 heteroatoms. The molecule has 0 saturated heterocycles. The third kappa shape index (κ3) is 4.51. The van der Waals surface area contributed by atoms with Gasteiger partial charge in [-0.2, -0.15) is 0 Å². The van der Waals surface area contributed by atoms with E-state index in [0.717, 1.165) is 37.2 Å². The van der Waals surface area contributed by atoms with Crippen molar-refractivity contribution in [2.75, 3.05) is 11.9 Å². The smallest absolute Gasteiger partial charge is 0.121 e. The van der Waals surface area contributed by atoms with Gasteiger partial charge in [0.05, 0.1) is 18.9 Å². The second kappa shape index (κ2) is 7.07. The van der Waals surface area contributed by atoms with Gasteiger partial charge in [-0.1, -0.05) is 13.0 Å². The molecule has 1 aromatic carbocycles. The average molecular weight is 261 g/mol. The van der Waals surface area contributed by atoms with Crippen molar-refractivity contribution in [1.82, 2.24) is 0 Å². The Morgan fingerprint density at radius 2 is 2.37 bits per heavy atom. The molecule has 19 heavy (non-hydrogen) atoms. The van der Waals surface area contributed by atoms with Crippen LogP contribution in [0.1, 0.15) is 33.1 Å². The van der Waals surface area contributed by atoms with Gasteiger partial charge in [0.1, 0.15) is 11.9 Å². The molecule has 2 unspecified atom stereocenters. The van der Waals surface area contributed by atoms with Crippen LogP contribution in [-0.4, -0.2) is 18.8 Å². The molecule has 2 atom stereocenters. The van der Waals surface area contributed by atoms with Gasteiger partial charge in [-0.15, -0.1) is 0 Å².